The van der Waals surface area contributed by atoms with Crippen LogP contribution in [0.15, 0.2) is 54.7 Å². The standard InChI is InChI=1S/C22H17N3OS/c1-13-20(27-22(24-13)18-7-2-3-12-23-18)21(26)25-17-11-10-15-9-8-14-5-4-6-16(17)19(14)15/h2-7,10-12H,8-9H2,1H3,(H,25,26). The van der Waals surface area contributed by atoms with Crippen molar-refractivity contribution in [2.75, 3.05) is 5.32 Å². The van der Waals surface area contributed by atoms with Crippen LogP contribution in [0.4, 0.5) is 5.69 Å². The number of rotatable bonds is 3. The fourth-order valence-electron chi connectivity index (χ4n) is 3.74. The first-order chi connectivity index (χ1) is 13.2. The molecule has 0 radical (unpaired) electrons. The van der Waals surface area contributed by atoms with Crippen LogP contribution in [-0.2, 0) is 12.8 Å². The number of hydrogen-bond acceptors (Lipinski definition) is 4. The van der Waals surface area contributed by atoms with E-state index in [0.717, 1.165) is 40.3 Å². The van der Waals surface area contributed by atoms with E-state index in [1.807, 2.05) is 31.2 Å². The summed E-state index contributed by atoms with van der Waals surface area (Å²) in [6, 6.07) is 16.2. The summed E-state index contributed by atoms with van der Waals surface area (Å²) in [5.41, 5.74) is 5.10. The second-order valence-corrected chi connectivity index (χ2v) is 7.71. The zero-order valence-electron chi connectivity index (χ0n) is 14.8. The van der Waals surface area contributed by atoms with E-state index in [4.69, 9.17) is 0 Å². The van der Waals surface area contributed by atoms with Gasteiger partial charge < -0.3 is 5.32 Å². The molecule has 27 heavy (non-hydrogen) atoms. The molecular weight excluding hydrogens is 354 g/mol. The minimum Gasteiger partial charge on any atom is -0.321 e. The summed E-state index contributed by atoms with van der Waals surface area (Å²) in [5.74, 6) is -0.120. The molecule has 0 unspecified atom stereocenters. The molecule has 1 aliphatic rings. The molecule has 2 heterocycles. The zero-order chi connectivity index (χ0) is 18.4. The average Bonchev–Trinajstić information content (AvgIpc) is 3.29. The lowest BCUT2D eigenvalue weighted by atomic mass is 10.0. The Balaban J connectivity index is 1.50. The second kappa shape index (κ2) is 6.28. The molecule has 2 aromatic heterocycles. The molecule has 0 fully saturated rings. The van der Waals surface area contributed by atoms with Gasteiger partial charge in [-0.3, -0.25) is 9.78 Å². The molecule has 132 valence electrons. The maximum Gasteiger partial charge on any atom is 0.267 e. The van der Waals surface area contributed by atoms with Crippen molar-refractivity contribution in [2.45, 2.75) is 19.8 Å². The van der Waals surface area contributed by atoms with Gasteiger partial charge in [-0.05, 0) is 54.5 Å². The van der Waals surface area contributed by atoms with E-state index < -0.39 is 0 Å². The van der Waals surface area contributed by atoms with Gasteiger partial charge in [-0.25, -0.2) is 4.98 Å². The zero-order valence-corrected chi connectivity index (χ0v) is 15.6. The highest BCUT2D eigenvalue weighted by Gasteiger charge is 2.20. The molecule has 4 aromatic rings. The first-order valence-electron chi connectivity index (χ1n) is 8.94. The van der Waals surface area contributed by atoms with E-state index >= 15 is 0 Å². The van der Waals surface area contributed by atoms with Crippen LogP contribution in [-0.4, -0.2) is 15.9 Å². The molecule has 1 amide bonds. The first kappa shape index (κ1) is 16.1. The number of anilines is 1. The van der Waals surface area contributed by atoms with Crippen molar-refractivity contribution in [1.82, 2.24) is 9.97 Å². The highest BCUT2D eigenvalue weighted by Crippen LogP contribution is 2.35. The summed E-state index contributed by atoms with van der Waals surface area (Å²) in [6.07, 6.45) is 3.88. The predicted molar refractivity (Wildman–Crippen MR) is 109 cm³/mol. The minimum absolute atomic E-state index is 0.120. The number of benzene rings is 2. The summed E-state index contributed by atoms with van der Waals surface area (Å²) in [5, 5.41) is 6.27. The van der Waals surface area contributed by atoms with Gasteiger partial charge in [0.1, 0.15) is 9.88 Å². The fraction of sp³-hybridized carbons (Fsp3) is 0.136. The van der Waals surface area contributed by atoms with Gasteiger partial charge in [0.15, 0.2) is 0 Å². The Bertz CT molecular complexity index is 1170. The number of aryl methyl sites for hydroxylation is 3. The Morgan fingerprint density at radius 1 is 1.04 bits per heavy atom. The van der Waals surface area contributed by atoms with Crippen LogP contribution in [0.3, 0.4) is 0 Å². The third-order valence-electron chi connectivity index (χ3n) is 5.01. The SMILES string of the molecule is Cc1nc(-c2ccccn2)sc1C(=O)Nc1ccc2c3c(cccc13)CC2. The van der Waals surface area contributed by atoms with Crippen molar-refractivity contribution < 1.29 is 4.79 Å². The van der Waals surface area contributed by atoms with Crippen molar-refractivity contribution in [3.8, 4) is 10.7 Å². The molecule has 4 nitrogen and oxygen atoms in total. The lowest BCUT2D eigenvalue weighted by Crippen LogP contribution is -2.12. The highest BCUT2D eigenvalue weighted by atomic mass is 32.1. The van der Waals surface area contributed by atoms with Crippen LogP contribution in [0.25, 0.3) is 21.5 Å². The Morgan fingerprint density at radius 2 is 1.89 bits per heavy atom. The second-order valence-electron chi connectivity index (χ2n) is 6.71. The Hall–Kier alpha value is -3.05. The molecule has 2 aromatic carbocycles. The summed E-state index contributed by atoms with van der Waals surface area (Å²) >= 11 is 1.38. The van der Waals surface area contributed by atoms with Crippen molar-refractivity contribution in [1.29, 1.82) is 0 Å². The lowest BCUT2D eigenvalue weighted by molar-refractivity contribution is 0.103. The summed E-state index contributed by atoms with van der Waals surface area (Å²) in [6.45, 7) is 1.87. The van der Waals surface area contributed by atoms with Crippen LogP contribution in [0.2, 0.25) is 0 Å². The van der Waals surface area contributed by atoms with Crippen LogP contribution < -0.4 is 5.32 Å². The van der Waals surface area contributed by atoms with Gasteiger partial charge in [0.05, 0.1) is 11.4 Å². The smallest absolute Gasteiger partial charge is 0.267 e. The Morgan fingerprint density at radius 3 is 2.70 bits per heavy atom. The summed E-state index contributed by atoms with van der Waals surface area (Å²) < 4.78 is 0. The number of thiazole rings is 1. The van der Waals surface area contributed by atoms with Crippen LogP contribution in [0, 0.1) is 6.92 Å². The Labute approximate surface area is 160 Å². The number of hydrogen-bond donors (Lipinski definition) is 1. The normalized spacial score (nSPS) is 12.5. The topological polar surface area (TPSA) is 54.9 Å². The van der Waals surface area contributed by atoms with Crippen LogP contribution >= 0.6 is 11.3 Å². The van der Waals surface area contributed by atoms with E-state index in [2.05, 4.69) is 39.6 Å². The highest BCUT2D eigenvalue weighted by molar-refractivity contribution is 7.17. The van der Waals surface area contributed by atoms with E-state index in [1.165, 1.54) is 27.8 Å². The number of nitrogens with one attached hydrogen (secondary N) is 1. The van der Waals surface area contributed by atoms with Crippen molar-refractivity contribution >= 4 is 33.7 Å². The largest absolute Gasteiger partial charge is 0.321 e. The van der Waals surface area contributed by atoms with E-state index in [-0.39, 0.29) is 5.91 Å². The maximum atomic E-state index is 12.9. The van der Waals surface area contributed by atoms with Gasteiger partial charge in [-0.2, -0.15) is 0 Å². The Kier molecular flexibility index (Phi) is 3.76. The molecule has 0 saturated heterocycles. The molecule has 5 heteroatoms. The van der Waals surface area contributed by atoms with Gasteiger partial charge in [-0.15, -0.1) is 11.3 Å². The molecule has 5 rings (SSSR count). The molecule has 0 saturated carbocycles. The monoisotopic (exact) mass is 371 g/mol. The number of carbonyl (C=O) groups excluding carboxylic acids is 1. The third kappa shape index (κ3) is 2.71. The van der Waals surface area contributed by atoms with Gasteiger partial charge in [0.25, 0.3) is 5.91 Å². The van der Waals surface area contributed by atoms with E-state index in [9.17, 15) is 4.79 Å². The number of carbonyl (C=O) groups is 1. The molecule has 0 spiro atoms. The first-order valence-corrected chi connectivity index (χ1v) is 9.76. The summed E-state index contributed by atoms with van der Waals surface area (Å²) in [7, 11) is 0. The lowest BCUT2D eigenvalue weighted by Gasteiger charge is -2.10. The molecule has 1 aliphatic carbocycles. The van der Waals surface area contributed by atoms with Gasteiger partial charge in [0.2, 0.25) is 0 Å². The number of nitrogens with zero attached hydrogens (tertiary/aromatic N) is 2. The predicted octanol–water partition coefficient (Wildman–Crippen LogP) is 5.02. The number of amides is 1. The average molecular weight is 371 g/mol. The molecule has 0 bridgehead atoms. The molecule has 0 aliphatic heterocycles. The maximum absolute atomic E-state index is 12.9. The fourth-order valence-corrected chi connectivity index (χ4v) is 4.68. The quantitative estimate of drug-likeness (QED) is 0.550. The number of pyridine rings is 1. The van der Waals surface area contributed by atoms with Crippen LogP contribution in [0.5, 0.6) is 0 Å². The molecule has 1 N–H and O–H groups in total. The molecule has 0 atom stereocenters. The van der Waals surface area contributed by atoms with Crippen molar-refractivity contribution in [3.05, 3.63) is 76.4 Å². The van der Waals surface area contributed by atoms with E-state index in [1.54, 1.807) is 6.20 Å². The summed E-state index contributed by atoms with van der Waals surface area (Å²) in [4.78, 5) is 22.4. The van der Waals surface area contributed by atoms with Crippen LogP contribution in [0.1, 0.15) is 26.5 Å². The number of aromatic nitrogens is 2. The van der Waals surface area contributed by atoms with Crippen molar-refractivity contribution in [2.24, 2.45) is 0 Å². The van der Waals surface area contributed by atoms with Gasteiger partial charge in [-0.1, -0.05) is 30.3 Å². The van der Waals surface area contributed by atoms with E-state index in [0.29, 0.717) is 4.88 Å². The van der Waals surface area contributed by atoms with Gasteiger partial charge in [0, 0.05) is 17.3 Å². The van der Waals surface area contributed by atoms with Gasteiger partial charge >= 0.3 is 0 Å². The molecular formula is C22H17N3OS. The third-order valence-corrected chi connectivity index (χ3v) is 6.19. The minimum atomic E-state index is -0.120. The van der Waals surface area contributed by atoms with Crippen molar-refractivity contribution in [3.63, 3.8) is 0 Å².